The number of carbonyl (C=O) groups is 1. The van der Waals surface area contributed by atoms with Gasteiger partial charge in [-0.25, -0.2) is 4.39 Å². The first-order valence-corrected chi connectivity index (χ1v) is 12.8. The monoisotopic (exact) mass is 518 g/mol. The lowest BCUT2D eigenvalue weighted by Gasteiger charge is -2.30. The number of hydrogen-bond donors (Lipinski definition) is 3. The highest BCUT2D eigenvalue weighted by atomic mass is 19.1. The van der Waals surface area contributed by atoms with Crippen LogP contribution in [-0.4, -0.2) is 60.1 Å². The molecule has 8 nitrogen and oxygen atoms in total. The summed E-state index contributed by atoms with van der Waals surface area (Å²) in [7, 11) is 0. The number of anilines is 3. The Kier molecular flexibility index (Phi) is 9.29. The maximum absolute atomic E-state index is 13.7. The molecule has 38 heavy (non-hydrogen) atoms. The lowest BCUT2D eigenvalue weighted by Crippen LogP contribution is -2.38. The summed E-state index contributed by atoms with van der Waals surface area (Å²) in [6, 6.07) is 15.6. The molecule has 0 spiro atoms. The molecule has 1 aliphatic heterocycles. The summed E-state index contributed by atoms with van der Waals surface area (Å²) in [6.07, 6.45) is 2.64. The number of amides is 1. The summed E-state index contributed by atoms with van der Waals surface area (Å²) in [5.41, 5.74) is 9.55. The molecule has 1 amide bonds. The summed E-state index contributed by atoms with van der Waals surface area (Å²) < 4.78 is 19.2. The van der Waals surface area contributed by atoms with E-state index in [1.807, 2.05) is 18.2 Å². The normalized spacial score (nSPS) is 13.6. The van der Waals surface area contributed by atoms with E-state index in [0.717, 1.165) is 57.1 Å². The summed E-state index contributed by atoms with van der Waals surface area (Å²) in [6.45, 7) is 11.7. The molecular formula is C29H35FN6O2. The fraction of sp³-hybridized carbons (Fsp3) is 0.310. The van der Waals surface area contributed by atoms with Crippen molar-refractivity contribution in [3.8, 4) is 0 Å². The number of morpholine rings is 1. The van der Waals surface area contributed by atoms with Crippen molar-refractivity contribution >= 4 is 23.0 Å². The van der Waals surface area contributed by atoms with Crippen LogP contribution < -0.4 is 16.4 Å². The molecule has 0 radical (unpaired) electrons. The van der Waals surface area contributed by atoms with Gasteiger partial charge < -0.3 is 26.0 Å². The standard InChI is InChI=1S/C29H35FN6O2/c1-21-18-24(9-10-25(21)30)33-22(2)36(13-5-12-35-14-16-38-17-15-35)20-23-8-11-28(32-19-23)29(37)34-27-7-4-3-6-26(27)31/h3-4,6-11,18-19,33H,2,5,12-17,20,31H2,1H3,(H,34,37). The molecule has 200 valence electrons. The fourth-order valence-electron chi connectivity index (χ4n) is 4.26. The molecule has 1 aliphatic rings. The number of nitrogens with two attached hydrogens (primary N) is 1. The molecule has 1 aromatic heterocycles. The SMILES string of the molecule is C=C(Nc1ccc(F)c(C)c1)N(CCCN1CCOCC1)Cc1ccc(C(=O)Nc2ccccc2N)nc1. The third-order valence-corrected chi connectivity index (χ3v) is 6.47. The van der Waals surface area contributed by atoms with E-state index >= 15 is 0 Å². The number of benzene rings is 2. The van der Waals surface area contributed by atoms with E-state index in [0.29, 0.717) is 35.0 Å². The van der Waals surface area contributed by atoms with E-state index in [1.165, 1.54) is 6.07 Å². The van der Waals surface area contributed by atoms with Crippen LogP contribution in [0.2, 0.25) is 0 Å². The summed E-state index contributed by atoms with van der Waals surface area (Å²) in [5.74, 6) is 0.141. The molecule has 1 fully saturated rings. The number of carbonyl (C=O) groups excluding carboxylic acids is 1. The van der Waals surface area contributed by atoms with Gasteiger partial charge in [-0.05, 0) is 60.9 Å². The second-order valence-electron chi connectivity index (χ2n) is 9.36. The molecule has 0 bridgehead atoms. The Hall–Kier alpha value is -3.95. The number of rotatable bonds is 11. The van der Waals surface area contributed by atoms with Gasteiger partial charge in [0.25, 0.3) is 5.91 Å². The Labute approximate surface area is 223 Å². The minimum absolute atomic E-state index is 0.242. The van der Waals surface area contributed by atoms with Gasteiger partial charge in [0.05, 0.1) is 30.4 Å². The zero-order valence-corrected chi connectivity index (χ0v) is 21.8. The fourth-order valence-corrected chi connectivity index (χ4v) is 4.26. The minimum Gasteiger partial charge on any atom is -0.397 e. The second kappa shape index (κ2) is 13.0. The van der Waals surface area contributed by atoms with Crippen LogP contribution in [0.5, 0.6) is 0 Å². The number of nitrogen functional groups attached to an aromatic ring is 1. The van der Waals surface area contributed by atoms with Gasteiger partial charge >= 0.3 is 0 Å². The van der Waals surface area contributed by atoms with Gasteiger partial charge in [-0.2, -0.15) is 0 Å². The van der Waals surface area contributed by atoms with Crippen LogP contribution in [0.25, 0.3) is 0 Å². The number of halogens is 1. The number of pyridine rings is 1. The highest BCUT2D eigenvalue weighted by Crippen LogP contribution is 2.20. The van der Waals surface area contributed by atoms with Crippen LogP contribution in [0.15, 0.2) is 73.2 Å². The second-order valence-corrected chi connectivity index (χ2v) is 9.36. The number of aryl methyl sites for hydroxylation is 1. The molecule has 2 aromatic carbocycles. The lowest BCUT2D eigenvalue weighted by molar-refractivity contribution is 0.0364. The van der Waals surface area contributed by atoms with Crippen LogP contribution in [-0.2, 0) is 11.3 Å². The van der Waals surface area contributed by atoms with Crippen molar-refractivity contribution in [3.05, 3.63) is 95.8 Å². The van der Waals surface area contributed by atoms with Crippen LogP contribution in [0.4, 0.5) is 21.5 Å². The van der Waals surface area contributed by atoms with E-state index in [1.54, 1.807) is 43.5 Å². The van der Waals surface area contributed by atoms with Crippen molar-refractivity contribution in [1.82, 2.24) is 14.8 Å². The van der Waals surface area contributed by atoms with Crippen LogP contribution in [0.1, 0.15) is 28.0 Å². The number of para-hydroxylation sites is 2. The number of nitrogens with zero attached hydrogens (tertiary/aromatic N) is 3. The Morgan fingerprint density at radius 2 is 1.95 bits per heavy atom. The Bertz CT molecular complexity index is 1240. The van der Waals surface area contributed by atoms with Gasteiger partial charge in [0.2, 0.25) is 0 Å². The van der Waals surface area contributed by atoms with Crippen LogP contribution in [0.3, 0.4) is 0 Å². The van der Waals surface area contributed by atoms with Crippen molar-refractivity contribution in [1.29, 1.82) is 0 Å². The first-order chi connectivity index (χ1) is 18.4. The van der Waals surface area contributed by atoms with Crippen molar-refractivity contribution in [2.45, 2.75) is 19.9 Å². The minimum atomic E-state index is -0.324. The predicted octanol–water partition coefficient (Wildman–Crippen LogP) is 4.47. The smallest absolute Gasteiger partial charge is 0.274 e. The molecular weight excluding hydrogens is 483 g/mol. The van der Waals surface area contributed by atoms with Crippen molar-refractivity contribution < 1.29 is 13.9 Å². The molecule has 1 saturated heterocycles. The molecule has 4 rings (SSSR count). The third-order valence-electron chi connectivity index (χ3n) is 6.47. The quantitative estimate of drug-likeness (QED) is 0.322. The molecule has 4 N–H and O–H groups in total. The number of aromatic nitrogens is 1. The van der Waals surface area contributed by atoms with Gasteiger partial charge in [0, 0.05) is 44.6 Å². The molecule has 9 heteroatoms. The number of nitrogens with one attached hydrogen (secondary N) is 2. The van der Waals surface area contributed by atoms with Gasteiger partial charge in [-0.3, -0.25) is 14.7 Å². The summed E-state index contributed by atoms with van der Waals surface area (Å²) in [5, 5.41) is 6.11. The van der Waals surface area contributed by atoms with Crippen LogP contribution >= 0.6 is 0 Å². The van der Waals surface area contributed by atoms with E-state index in [4.69, 9.17) is 10.5 Å². The van der Waals surface area contributed by atoms with Crippen molar-refractivity contribution in [2.24, 2.45) is 0 Å². The topological polar surface area (TPSA) is 95.8 Å². The first kappa shape index (κ1) is 27.1. The Morgan fingerprint density at radius 1 is 1.16 bits per heavy atom. The maximum atomic E-state index is 13.7. The van der Waals surface area contributed by atoms with Gasteiger partial charge in [0.15, 0.2) is 0 Å². The van der Waals surface area contributed by atoms with Crippen LogP contribution in [0, 0.1) is 12.7 Å². The lowest BCUT2D eigenvalue weighted by atomic mass is 10.2. The van der Waals surface area contributed by atoms with Crippen molar-refractivity contribution in [2.75, 3.05) is 55.8 Å². The number of hydrogen-bond acceptors (Lipinski definition) is 7. The third kappa shape index (κ3) is 7.53. The maximum Gasteiger partial charge on any atom is 0.274 e. The largest absolute Gasteiger partial charge is 0.397 e. The Balaban J connectivity index is 1.41. The average molecular weight is 519 g/mol. The van der Waals surface area contributed by atoms with E-state index in [-0.39, 0.29) is 11.7 Å². The molecule has 0 aliphatic carbocycles. The molecule has 2 heterocycles. The highest BCUT2D eigenvalue weighted by molar-refractivity contribution is 6.04. The van der Waals surface area contributed by atoms with E-state index in [9.17, 15) is 9.18 Å². The predicted molar refractivity (Wildman–Crippen MR) is 149 cm³/mol. The molecule has 0 saturated carbocycles. The Morgan fingerprint density at radius 3 is 2.66 bits per heavy atom. The van der Waals surface area contributed by atoms with E-state index < -0.39 is 0 Å². The highest BCUT2D eigenvalue weighted by Gasteiger charge is 2.15. The zero-order valence-electron chi connectivity index (χ0n) is 21.8. The van der Waals surface area contributed by atoms with Gasteiger partial charge in [-0.15, -0.1) is 0 Å². The summed E-state index contributed by atoms with van der Waals surface area (Å²) >= 11 is 0. The zero-order chi connectivity index (χ0) is 26.9. The van der Waals surface area contributed by atoms with Gasteiger partial charge in [-0.1, -0.05) is 24.8 Å². The summed E-state index contributed by atoms with van der Waals surface area (Å²) in [4.78, 5) is 21.6. The molecule has 0 atom stereocenters. The first-order valence-electron chi connectivity index (χ1n) is 12.8. The average Bonchev–Trinajstić information content (AvgIpc) is 2.92. The molecule has 3 aromatic rings. The molecule has 0 unspecified atom stereocenters. The van der Waals surface area contributed by atoms with E-state index in [2.05, 4.69) is 32.0 Å². The van der Waals surface area contributed by atoms with Crippen molar-refractivity contribution in [3.63, 3.8) is 0 Å². The van der Waals surface area contributed by atoms with Gasteiger partial charge in [0.1, 0.15) is 11.5 Å². The number of ether oxygens (including phenoxy) is 1.